The van der Waals surface area contributed by atoms with Crippen molar-refractivity contribution < 1.29 is 47.7 Å². The number of rotatable bonds is 5. The third-order valence-corrected chi connectivity index (χ3v) is 6.81. The zero-order valence-corrected chi connectivity index (χ0v) is 18.9. The lowest BCUT2D eigenvalue weighted by molar-refractivity contribution is -0.139. The Hall–Kier alpha value is -4.74. The molecule has 3 aliphatic rings. The predicted octanol–water partition coefficient (Wildman–Crippen LogP) is -1.85. The Morgan fingerprint density at radius 3 is 2.44 bits per heavy atom. The number of carbonyl (C=O) groups is 5. The number of benzene rings is 1. The summed E-state index contributed by atoms with van der Waals surface area (Å²) in [5.41, 5.74) is 3.34. The second-order valence-electron chi connectivity index (χ2n) is 7.80. The number of urea groups is 2. The topological polar surface area (TPSA) is 238 Å². The van der Waals surface area contributed by atoms with Gasteiger partial charge in [-0.2, -0.15) is 8.42 Å². The van der Waals surface area contributed by atoms with Crippen LogP contribution in [0.15, 0.2) is 23.9 Å². The lowest BCUT2D eigenvalue weighted by Crippen LogP contribution is -2.67. The van der Waals surface area contributed by atoms with Crippen molar-refractivity contribution in [2.24, 2.45) is 0 Å². The molecule has 18 heteroatoms. The van der Waals surface area contributed by atoms with Gasteiger partial charge in [0.25, 0.3) is 11.8 Å². The van der Waals surface area contributed by atoms with Gasteiger partial charge in [-0.25, -0.2) is 28.4 Å². The number of anilines is 1. The van der Waals surface area contributed by atoms with Crippen LogP contribution in [0.4, 0.5) is 20.1 Å². The van der Waals surface area contributed by atoms with Crippen LogP contribution in [0.5, 0.6) is 11.5 Å². The van der Waals surface area contributed by atoms with Gasteiger partial charge in [0.1, 0.15) is 6.04 Å². The molecular weight excluding hydrogens is 506 g/mol. The van der Waals surface area contributed by atoms with E-state index in [1.54, 1.807) is 4.72 Å². The molecule has 3 heterocycles. The Labute approximate surface area is 202 Å². The van der Waals surface area contributed by atoms with Crippen LogP contribution in [-0.4, -0.2) is 93.6 Å². The number of likely N-dealkylation sites (tertiary alicyclic amines) is 1. The summed E-state index contributed by atoms with van der Waals surface area (Å²) in [6.07, 6.45) is -0.142. The van der Waals surface area contributed by atoms with Gasteiger partial charge in [-0.15, -0.1) is 0 Å². The Morgan fingerprint density at radius 1 is 1.08 bits per heavy atom. The van der Waals surface area contributed by atoms with Gasteiger partial charge in [-0.3, -0.25) is 19.9 Å². The van der Waals surface area contributed by atoms with Crippen molar-refractivity contribution in [1.82, 2.24) is 29.7 Å². The molecule has 36 heavy (non-hydrogen) atoms. The van der Waals surface area contributed by atoms with E-state index in [1.165, 1.54) is 18.3 Å². The number of nitrogens with zero attached hydrogens (tertiary/aromatic N) is 3. The minimum absolute atomic E-state index is 0.0314. The van der Waals surface area contributed by atoms with Gasteiger partial charge < -0.3 is 26.0 Å². The summed E-state index contributed by atoms with van der Waals surface area (Å²) in [6, 6.07) is -1.20. The number of hydrazine groups is 1. The Morgan fingerprint density at radius 2 is 1.78 bits per heavy atom. The van der Waals surface area contributed by atoms with Gasteiger partial charge in [0.15, 0.2) is 11.5 Å². The number of phenolic OH excluding ortho intramolecular Hbond substituents is 2. The molecule has 0 aromatic heterocycles. The number of amides is 7. The van der Waals surface area contributed by atoms with Gasteiger partial charge in [-0.1, -0.05) is 0 Å². The van der Waals surface area contributed by atoms with Crippen LogP contribution >= 0.6 is 0 Å². The number of phenols is 2. The van der Waals surface area contributed by atoms with Gasteiger partial charge >= 0.3 is 28.4 Å². The van der Waals surface area contributed by atoms with E-state index >= 15 is 0 Å². The molecule has 2 saturated heterocycles. The van der Waals surface area contributed by atoms with Crippen LogP contribution in [0.2, 0.25) is 0 Å². The summed E-state index contributed by atoms with van der Waals surface area (Å²) in [5, 5.41) is 33.2. The van der Waals surface area contributed by atoms with Crippen molar-refractivity contribution in [3.05, 3.63) is 29.5 Å². The normalized spacial score (nSPS) is 19.1. The molecular formula is C18H19N7O10S. The van der Waals surface area contributed by atoms with Crippen molar-refractivity contribution in [3.8, 4) is 11.5 Å². The number of carboxylic acid groups (broad SMARTS) is 1. The molecule has 0 spiro atoms. The highest BCUT2D eigenvalue weighted by Gasteiger charge is 2.45. The third kappa shape index (κ3) is 4.48. The van der Waals surface area contributed by atoms with E-state index in [2.05, 4.69) is 10.7 Å². The number of imide groups is 1. The molecule has 1 aromatic carbocycles. The number of hydrogen-bond donors (Lipinski definition) is 7. The van der Waals surface area contributed by atoms with Gasteiger partial charge in [0, 0.05) is 29.9 Å². The number of hydrogen-bond acceptors (Lipinski definition) is 10. The Balaban J connectivity index is 1.34. The molecule has 1 atom stereocenters. The Bertz CT molecular complexity index is 1330. The minimum atomic E-state index is -4.75. The van der Waals surface area contributed by atoms with E-state index in [1.807, 2.05) is 5.32 Å². The van der Waals surface area contributed by atoms with Crippen LogP contribution in [0.1, 0.15) is 5.56 Å². The van der Waals surface area contributed by atoms with Crippen molar-refractivity contribution in [2.75, 3.05) is 25.0 Å². The summed E-state index contributed by atoms with van der Waals surface area (Å²) >= 11 is 0. The van der Waals surface area contributed by atoms with Crippen molar-refractivity contribution in [1.29, 1.82) is 0 Å². The van der Waals surface area contributed by atoms with Crippen LogP contribution < -0.4 is 20.8 Å². The number of β-lactam (4-membered cyclic amide) rings is 1. The van der Waals surface area contributed by atoms with E-state index < -0.39 is 59.3 Å². The summed E-state index contributed by atoms with van der Waals surface area (Å²) in [4.78, 5) is 60.2. The highest BCUT2D eigenvalue weighted by molar-refractivity contribution is 7.88. The lowest BCUT2D eigenvalue weighted by atomic mass is 10.00. The fourth-order valence-electron chi connectivity index (χ4n) is 3.59. The fourth-order valence-corrected chi connectivity index (χ4v) is 4.66. The number of nitrogens with one attached hydrogen (secondary N) is 4. The highest BCUT2D eigenvalue weighted by Crippen LogP contribution is 2.34. The average Bonchev–Trinajstić information content (AvgIpc) is 3.16. The first-order valence-electron chi connectivity index (χ1n) is 10.2. The molecule has 0 bridgehead atoms. The molecule has 7 N–H and O–H groups in total. The molecule has 7 amide bonds. The number of fused-ring (bicyclic) bond motifs is 1. The zero-order valence-electron chi connectivity index (χ0n) is 18.1. The van der Waals surface area contributed by atoms with Crippen LogP contribution in [-0.2, 0) is 26.2 Å². The first-order chi connectivity index (χ1) is 16.9. The molecule has 0 aliphatic carbocycles. The van der Waals surface area contributed by atoms with Crippen LogP contribution in [0.3, 0.4) is 0 Å². The summed E-state index contributed by atoms with van der Waals surface area (Å²) in [5.74, 6) is -2.45. The van der Waals surface area contributed by atoms with E-state index in [-0.39, 0.29) is 34.3 Å². The summed E-state index contributed by atoms with van der Waals surface area (Å²) in [6.45, 7) is -1.07. The van der Waals surface area contributed by atoms with Crippen LogP contribution in [0.25, 0.3) is 0 Å². The first kappa shape index (κ1) is 24.4. The second-order valence-corrected chi connectivity index (χ2v) is 9.39. The van der Waals surface area contributed by atoms with E-state index in [9.17, 15) is 42.6 Å². The number of aromatic hydroxyl groups is 2. The average molecular weight is 525 g/mol. The van der Waals surface area contributed by atoms with Gasteiger partial charge in [0.05, 0.1) is 19.6 Å². The lowest BCUT2D eigenvalue weighted by Gasteiger charge is -2.36. The largest absolute Gasteiger partial charge is 0.504 e. The molecule has 192 valence electrons. The minimum Gasteiger partial charge on any atom is -0.504 e. The second kappa shape index (κ2) is 8.80. The maximum Gasteiger partial charge on any atom is 0.405 e. The molecule has 1 aromatic rings. The predicted molar refractivity (Wildman–Crippen MR) is 116 cm³/mol. The quantitative estimate of drug-likeness (QED) is 0.128. The van der Waals surface area contributed by atoms with E-state index in [0.717, 1.165) is 5.01 Å². The monoisotopic (exact) mass is 525 g/mol. The SMILES string of the molecule is O=C(O)NC1CN(C(=O)NS(=O)(=O)N2CCN(NC(=O)C3=CNc4cc(O)c(O)cc4C3)C2=O)C1=O. The van der Waals surface area contributed by atoms with E-state index in [0.29, 0.717) is 16.2 Å². The maximum absolute atomic E-state index is 12.6. The van der Waals surface area contributed by atoms with Crippen LogP contribution in [0, 0.1) is 0 Å². The third-order valence-electron chi connectivity index (χ3n) is 5.46. The highest BCUT2D eigenvalue weighted by atomic mass is 32.2. The van der Waals surface area contributed by atoms with Crippen molar-refractivity contribution in [2.45, 2.75) is 12.5 Å². The fraction of sp³-hybridized carbons (Fsp3) is 0.278. The first-order valence-corrected chi connectivity index (χ1v) is 11.6. The maximum atomic E-state index is 12.6. The molecule has 0 saturated carbocycles. The van der Waals surface area contributed by atoms with Crippen molar-refractivity contribution in [3.63, 3.8) is 0 Å². The molecule has 2 fully saturated rings. The number of carbonyl (C=O) groups excluding carboxylic acids is 4. The summed E-state index contributed by atoms with van der Waals surface area (Å²) < 4.78 is 26.9. The van der Waals surface area contributed by atoms with Gasteiger partial charge in [-0.05, 0) is 11.6 Å². The molecule has 17 nitrogen and oxygen atoms in total. The summed E-state index contributed by atoms with van der Waals surface area (Å²) in [7, 11) is -4.75. The smallest absolute Gasteiger partial charge is 0.405 e. The standard InChI is InChI=1S/C18H19N7O10S/c26-12-4-8-3-9(6-19-10(8)5-13(12)27)14(28)21-24-1-2-25(18(24)33)36(34,35)22-16(30)23-7-11(15(23)29)20-17(31)32/h4-6,11,19-20,26-27H,1-3,7H2,(H,21,28)(H,22,30)(H,31,32). The van der Waals surface area contributed by atoms with Gasteiger partial charge in [0.2, 0.25) is 0 Å². The molecule has 4 rings (SSSR count). The Kier molecular flexibility index (Phi) is 5.96. The van der Waals surface area contributed by atoms with Crippen molar-refractivity contribution >= 4 is 45.9 Å². The zero-order chi connectivity index (χ0) is 26.4. The molecule has 3 aliphatic heterocycles. The molecule has 0 radical (unpaired) electrons. The van der Waals surface area contributed by atoms with E-state index in [4.69, 9.17) is 5.11 Å². The molecule has 1 unspecified atom stereocenters.